The highest BCUT2D eigenvalue weighted by Gasteiger charge is 2.19. The average Bonchev–Trinajstić information content (AvgIpc) is 2.71. The third-order valence-corrected chi connectivity index (χ3v) is 6.32. The second-order valence-corrected chi connectivity index (χ2v) is 8.48. The van der Waals surface area contributed by atoms with E-state index in [1.165, 1.54) is 16.7 Å². The first-order valence-electron chi connectivity index (χ1n) is 10.1. The number of benzene rings is 3. The highest BCUT2D eigenvalue weighted by molar-refractivity contribution is 6.42. The number of carbonyl (C=O) groups is 1. The number of hydrogen-bond donors (Lipinski definition) is 1. The van der Waals surface area contributed by atoms with Crippen molar-refractivity contribution in [2.45, 2.75) is 32.9 Å². The van der Waals surface area contributed by atoms with Gasteiger partial charge in [-0.3, -0.25) is 9.69 Å². The van der Waals surface area contributed by atoms with Crippen molar-refractivity contribution in [1.82, 2.24) is 4.90 Å². The Morgan fingerprint density at radius 1 is 1.10 bits per heavy atom. The van der Waals surface area contributed by atoms with Gasteiger partial charge in [-0.15, -0.1) is 0 Å². The minimum absolute atomic E-state index is 0.183. The van der Waals surface area contributed by atoms with Crippen molar-refractivity contribution in [2.75, 3.05) is 18.9 Å². The van der Waals surface area contributed by atoms with Gasteiger partial charge in [-0.05, 0) is 70.6 Å². The van der Waals surface area contributed by atoms with Crippen LogP contribution >= 0.6 is 23.2 Å². The zero-order chi connectivity index (χ0) is 21.3. The molecule has 0 saturated carbocycles. The number of hydrogen-bond acceptors (Lipinski definition) is 4. The molecule has 2 N–H and O–H groups in total. The standard InChI is InChI=1S/C24H24Cl2N2O2/c1-2-30-24(29)12-20-19-5-3-15(9-17(19)4-6-23(20)27)13-28-8-7-16-10-21(25)22(26)11-18(16)14-28/h3-6,9-11H,2,7-8,12-14,27H2,1H3. The van der Waals surface area contributed by atoms with Crippen molar-refractivity contribution >= 4 is 45.6 Å². The van der Waals surface area contributed by atoms with E-state index in [1.54, 1.807) is 6.92 Å². The van der Waals surface area contributed by atoms with E-state index in [1.807, 2.05) is 24.3 Å². The van der Waals surface area contributed by atoms with Crippen LogP contribution in [-0.4, -0.2) is 24.0 Å². The van der Waals surface area contributed by atoms with Gasteiger partial charge in [0.1, 0.15) is 0 Å². The van der Waals surface area contributed by atoms with Gasteiger partial charge in [0.25, 0.3) is 0 Å². The Bertz CT molecular complexity index is 1110. The maximum atomic E-state index is 12.0. The van der Waals surface area contributed by atoms with E-state index in [2.05, 4.69) is 23.1 Å². The number of fused-ring (bicyclic) bond motifs is 2. The number of nitrogens with zero attached hydrogens (tertiary/aromatic N) is 1. The van der Waals surface area contributed by atoms with Crippen molar-refractivity contribution in [2.24, 2.45) is 0 Å². The molecule has 0 radical (unpaired) electrons. The van der Waals surface area contributed by atoms with E-state index < -0.39 is 0 Å². The van der Waals surface area contributed by atoms with Gasteiger partial charge in [0, 0.05) is 25.3 Å². The molecule has 4 nitrogen and oxygen atoms in total. The van der Waals surface area contributed by atoms with Crippen LogP contribution in [-0.2, 0) is 35.5 Å². The van der Waals surface area contributed by atoms with Crippen LogP contribution in [0.15, 0.2) is 42.5 Å². The number of anilines is 1. The molecule has 0 saturated heterocycles. The molecule has 3 aromatic rings. The first-order valence-corrected chi connectivity index (χ1v) is 10.8. The third-order valence-electron chi connectivity index (χ3n) is 5.60. The van der Waals surface area contributed by atoms with E-state index >= 15 is 0 Å². The Kier molecular flexibility index (Phi) is 6.19. The summed E-state index contributed by atoms with van der Waals surface area (Å²) in [7, 11) is 0. The second-order valence-electron chi connectivity index (χ2n) is 7.67. The molecule has 1 heterocycles. The highest BCUT2D eigenvalue weighted by Crippen LogP contribution is 2.31. The molecule has 30 heavy (non-hydrogen) atoms. The van der Waals surface area contributed by atoms with Gasteiger partial charge < -0.3 is 10.5 Å². The predicted molar refractivity (Wildman–Crippen MR) is 123 cm³/mol. The monoisotopic (exact) mass is 442 g/mol. The van der Waals surface area contributed by atoms with Crippen LogP contribution in [0.1, 0.15) is 29.2 Å². The summed E-state index contributed by atoms with van der Waals surface area (Å²) in [6, 6.07) is 14.2. The van der Waals surface area contributed by atoms with Crippen molar-refractivity contribution in [1.29, 1.82) is 0 Å². The fourth-order valence-corrected chi connectivity index (χ4v) is 4.49. The minimum Gasteiger partial charge on any atom is -0.466 e. The molecule has 6 heteroatoms. The topological polar surface area (TPSA) is 55.6 Å². The molecule has 0 bridgehead atoms. The molecule has 156 valence electrons. The summed E-state index contributed by atoms with van der Waals surface area (Å²) in [6.07, 6.45) is 1.14. The summed E-state index contributed by atoms with van der Waals surface area (Å²) in [6.45, 7) is 4.83. The molecule has 0 atom stereocenters. The Hall–Kier alpha value is -2.27. The summed E-state index contributed by atoms with van der Waals surface area (Å²) in [5.74, 6) is -0.258. The molecular weight excluding hydrogens is 419 g/mol. The van der Waals surface area contributed by atoms with Crippen LogP contribution in [0.25, 0.3) is 10.8 Å². The minimum atomic E-state index is -0.258. The number of nitrogen functional groups attached to an aromatic ring is 1. The Labute approximate surface area is 186 Å². The molecule has 4 rings (SSSR count). The average molecular weight is 443 g/mol. The molecule has 0 aromatic heterocycles. The molecule has 3 aromatic carbocycles. The normalized spacial score (nSPS) is 14.0. The van der Waals surface area contributed by atoms with Crippen LogP contribution in [0.2, 0.25) is 10.0 Å². The largest absolute Gasteiger partial charge is 0.466 e. The van der Waals surface area contributed by atoms with Gasteiger partial charge in [0.2, 0.25) is 0 Å². The number of ether oxygens (including phenoxy) is 1. The second kappa shape index (κ2) is 8.84. The van der Waals surface area contributed by atoms with Crippen LogP contribution in [0.5, 0.6) is 0 Å². The number of rotatable bonds is 5. The summed E-state index contributed by atoms with van der Waals surface area (Å²) in [5, 5.41) is 3.30. The first kappa shape index (κ1) is 21.0. The van der Waals surface area contributed by atoms with E-state index in [9.17, 15) is 4.79 Å². The molecule has 1 aliphatic heterocycles. The van der Waals surface area contributed by atoms with Crippen LogP contribution in [0.3, 0.4) is 0 Å². The molecule has 0 aliphatic carbocycles. The number of esters is 1. The lowest BCUT2D eigenvalue weighted by Crippen LogP contribution is -2.30. The van der Waals surface area contributed by atoms with Gasteiger partial charge >= 0.3 is 5.97 Å². The van der Waals surface area contributed by atoms with Crippen LogP contribution in [0.4, 0.5) is 5.69 Å². The first-order chi connectivity index (χ1) is 14.4. The lowest BCUT2D eigenvalue weighted by Gasteiger charge is -2.29. The van der Waals surface area contributed by atoms with Crippen molar-refractivity contribution in [3.05, 3.63) is 74.8 Å². The highest BCUT2D eigenvalue weighted by atomic mass is 35.5. The molecule has 0 unspecified atom stereocenters. The lowest BCUT2D eigenvalue weighted by atomic mass is 9.97. The van der Waals surface area contributed by atoms with E-state index in [0.717, 1.165) is 42.4 Å². The quantitative estimate of drug-likeness (QED) is 0.424. The van der Waals surface area contributed by atoms with Gasteiger partial charge in [-0.2, -0.15) is 0 Å². The molecular formula is C24H24Cl2N2O2. The molecule has 0 spiro atoms. The van der Waals surface area contributed by atoms with E-state index in [-0.39, 0.29) is 12.4 Å². The summed E-state index contributed by atoms with van der Waals surface area (Å²) < 4.78 is 5.10. The van der Waals surface area contributed by atoms with Gasteiger partial charge in [-0.1, -0.05) is 41.4 Å². The van der Waals surface area contributed by atoms with Crippen molar-refractivity contribution in [3.63, 3.8) is 0 Å². The van der Waals surface area contributed by atoms with Crippen molar-refractivity contribution in [3.8, 4) is 0 Å². The molecule has 0 amide bonds. The van der Waals surface area contributed by atoms with Crippen molar-refractivity contribution < 1.29 is 9.53 Å². The summed E-state index contributed by atoms with van der Waals surface area (Å²) in [5.41, 5.74) is 11.3. The fourth-order valence-electron chi connectivity index (χ4n) is 4.11. The molecule has 1 aliphatic rings. The predicted octanol–water partition coefficient (Wildman–Crippen LogP) is 5.39. The zero-order valence-corrected chi connectivity index (χ0v) is 18.4. The van der Waals surface area contributed by atoms with E-state index in [0.29, 0.717) is 22.3 Å². The Morgan fingerprint density at radius 3 is 2.63 bits per heavy atom. The maximum absolute atomic E-state index is 12.0. The number of nitrogens with two attached hydrogens (primary N) is 1. The number of halogens is 2. The Balaban J connectivity index is 1.55. The van der Waals surface area contributed by atoms with Gasteiger partial charge in [0.05, 0.1) is 23.1 Å². The fraction of sp³-hybridized carbons (Fsp3) is 0.292. The third kappa shape index (κ3) is 4.41. The van der Waals surface area contributed by atoms with Crippen LogP contribution in [0, 0.1) is 0 Å². The number of carbonyl (C=O) groups excluding carboxylic acids is 1. The van der Waals surface area contributed by atoms with Crippen LogP contribution < -0.4 is 5.73 Å². The molecule has 0 fully saturated rings. The summed E-state index contributed by atoms with van der Waals surface area (Å²) in [4.78, 5) is 14.4. The SMILES string of the molecule is CCOC(=O)Cc1c(N)ccc2cc(CN3CCc4cc(Cl)c(Cl)cc4C3)ccc12. The van der Waals surface area contributed by atoms with Gasteiger partial charge in [0.15, 0.2) is 0 Å². The van der Waals surface area contributed by atoms with Gasteiger partial charge in [-0.25, -0.2) is 0 Å². The maximum Gasteiger partial charge on any atom is 0.310 e. The smallest absolute Gasteiger partial charge is 0.310 e. The summed E-state index contributed by atoms with van der Waals surface area (Å²) >= 11 is 12.4. The Morgan fingerprint density at radius 2 is 1.87 bits per heavy atom. The zero-order valence-electron chi connectivity index (χ0n) is 16.9. The van der Waals surface area contributed by atoms with E-state index in [4.69, 9.17) is 33.7 Å². The lowest BCUT2D eigenvalue weighted by molar-refractivity contribution is -0.142.